The highest BCUT2D eigenvalue weighted by Crippen LogP contribution is 2.32. The topological polar surface area (TPSA) is 72.6 Å². The van der Waals surface area contributed by atoms with Gasteiger partial charge in [-0.2, -0.15) is 13.2 Å². The number of aliphatic carboxylic acids is 1. The van der Waals surface area contributed by atoms with Gasteiger partial charge in [0, 0.05) is 0 Å². The number of carboxylic acids is 1. The lowest BCUT2D eigenvalue weighted by molar-refractivity contribution is -0.138. The molecule has 1 aromatic heterocycles. The summed E-state index contributed by atoms with van der Waals surface area (Å²) in [5.41, 5.74) is 2.36. The number of ether oxygens (including phenoxy) is 1. The van der Waals surface area contributed by atoms with E-state index in [0.29, 0.717) is 17.2 Å². The van der Waals surface area contributed by atoms with Gasteiger partial charge in [0.15, 0.2) is 0 Å². The number of carbonyl (C=O) groups is 1. The van der Waals surface area contributed by atoms with Crippen LogP contribution in [0.2, 0.25) is 0 Å². The first-order valence-electron chi connectivity index (χ1n) is 10.4. The molecule has 3 aromatic carbocycles. The van der Waals surface area contributed by atoms with Gasteiger partial charge in [-0.15, -0.1) is 0 Å². The number of aromatic nitrogens is 1. The molecular formula is C26H20F3NO4. The lowest BCUT2D eigenvalue weighted by atomic mass is 9.95. The third kappa shape index (κ3) is 5.64. The van der Waals surface area contributed by atoms with Crippen LogP contribution in [0.4, 0.5) is 13.2 Å². The summed E-state index contributed by atoms with van der Waals surface area (Å²) >= 11 is 0. The van der Waals surface area contributed by atoms with Gasteiger partial charge in [0.1, 0.15) is 18.6 Å². The van der Waals surface area contributed by atoms with Crippen molar-refractivity contribution in [2.75, 3.05) is 0 Å². The van der Waals surface area contributed by atoms with Crippen LogP contribution in [0.5, 0.6) is 5.75 Å². The van der Waals surface area contributed by atoms with Gasteiger partial charge in [-0.1, -0.05) is 42.5 Å². The van der Waals surface area contributed by atoms with Gasteiger partial charge in [-0.3, -0.25) is 4.79 Å². The van der Waals surface area contributed by atoms with Gasteiger partial charge in [-0.05, 0) is 52.6 Å². The molecule has 0 aliphatic carbocycles. The fourth-order valence-electron chi connectivity index (χ4n) is 3.58. The predicted octanol–water partition coefficient (Wildman–Crippen LogP) is 6.55. The first kappa shape index (κ1) is 23.1. The van der Waals surface area contributed by atoms with Gasteiger partial charge in [0.05, 0.1) is 24.1 Å². The number of alkyl halides is 3. The first-order valence-corrected chi connectivity index (χ1v) is 10.4. The second-order valence-electron chi connectivity index (χ2n) is 7.65. The quantitative estimate of drug-likeness (QED) is 0.318. The van der Waals surface area contributed by atoms with Crippen molar-refractivity contribution in [2.45, 2.75) is 25.1 Å². The van der Waals surface area contributed by atoms with Crippen LogP contribution < -0.4 is 4.74 Å². The Bertz CT molecular complexity index is 1230. The van der Waals surface area contributed by atoms with Crippen molar-refractivity contribution in [2.24, 2.45) is 0 Å². The number of halogens is 3. The molecule has 5 nitrogen and oxygen atoms in total. The fourth-order valence-corrected chi connectivity index (χ4v) is 3.58. The molecule has 0 saturated heterocycles. The van der Waals surface area contributed by atoms with Crippen molar-refractivity contribution >= 4 is 5.97 Å². The summed E-state index contributed by atoms with van der Waals surface area (Å²) in [6.45, 7) is 0.256. The third-order valence-corrected chi connectivity index (χ3v) is 5.29. The summed E-state index contributed by atoms with van der Waals surface area (Å²) in [6.07, 6.45) is -1.65. The summed E-state index contributed by atoms with van der Waals surface area (Å²) in [5.74, 6) is -0.556. The number of oxazole rings is 1. The van der Waals surface area contributed by atoms with Crippen molar-refractivity contribution in [1.82, 2.24) is 4.98 Å². The molecule has 1 heterocycles. The number of rotatable bonds is 8. The van der Waals surface area contributed by atoms with Gasteiger partial charge in [-0.25, -0.2) is 4.98 Å². The van der Waals surface area contributed by atoms with Crippen LogP contribution in [0.25, 0.3) is 11.1 Å². The Morgan fingerprint density at radius 3 is 2.35 bits per heavy atom. The average molecular weight is 467 g/mol. The number of nitrogens with zero attached hydrogens (tertiary/aromatic N) is 1. The molecule has 0 bridgehead atoms. The highest BCUT2D eigenvalue weighted by molar-refractivity contribution is 5.68. The minimum atomic E-state index is -4.37. The van der Waals surface area contributed by atoms with Gasteiger partial charge < -0.3 is 14.3 Å². The smallest absolute Gasteiger partial charge is 0.416 e. The van der Waals surface area contributed by atoms with E-state index in [4.69, 9.17) is 9.15 Å². The maximum absolute atomic E-state index is 12.8. The van der Waals surface area contributed by atoms with E-state index in [2.05, 4.69) is 4.98 Å². The monoisotopic (exact) mass is 467 g/mol. The molecule has 8 heteroatoms. The van der Waals surface area contributed by atoms with Gasteiger partial charge in [0.25, 0.3) is 0 Å². The first-order chi connectivity index (χ1) is 16.3. The van der Waals surface area contributed by atoms with E-state index in [9.17, 15) is 23.1 Å². The Balaban J connectivity index is 1.43. The Kier molecular flexibility index (Phi) is 6.67. The van der Waals surface area contributed by atoms with Gasteiger partial charge in [0.2, 0.25) is 5.89 Å². The normalized spacial score (nSPS) is 12.3. The van der Waals surface area contributed by atoms with Crippen LogP contribution in [-0.2, 0) is 17.6 Å². The average Bonchev–Trinajstić information content (AvgIpc) is 3.36. The Morgan fingerprint density at radius 1 is 1.00 bits per heavy atom. The minimum absolute atomic E-state index is 0.155. The lowest BCUT2D eigenvalue weighted by Gasteiger charge is -2.13. The molecule has 1 atom stereocenters. The molecule has 4 aromatic rings. The molecule has 0 radical (unpaired) electrons. The summed E-state index contributed by atoms with van der Waals surface area (Å²) in [6, 6.07) is 19.4. The second kappa shape index (κ2) is 9.82. The Hall–Kier alpha value is -4.07. The van der Waals surface area contributed by atoms with Crippen LogP contribution in [-0.4, -0.2) is 16.1 Å². The molecule has 174 valence electrons. The number of hydrogen-bond acceptors (Lipinski definition) is 4. The Labute approximate surface area is 193 Å². The van der Waals surface area contributed by atoms with E-state index in [1.54, 1.807) is 24.3 Å². The fraction of sp³-hybridized carbons (Fsp3) is 0.154. The highest BCUT2D eigenvalue weighted by atomic mass is 19.4. The maximum atomic E-state index is 12.8. The Morgan fingerprint density at radius 2 is 1.74 bits per heavy atom. The van der Waals surface area contributed by atoms with Gasteiger partial charge >= 0.3 is 12.1 Å². The van der Waals surface area contributed by atoms with Crippen LogP contribution in [0.3, 0.4) is 0 Å². The molecule has 0 saturated carbocycles. The third-order valence-electron chi connectivity index (χ3n) is 5.29. The van der Waals surface area contributed by atoms with Crippen molar-refractivity contribution in [3.05, 3.63) is 108 Å². The number of hydrogen-bond donors (Lipinski definition) is 1. The van der Waals surface area contributed by atoms with Crippen molar-refractivity contribution in [3.63, 3.8) is 0 Å². The predicted molar refractivity (Wildman–Crippen MR) is 118 cm³/mol. The zero-order valence-electron chi connectivity index (χ0n) is 17.8. The molecule has 4 rings (SSSR count). The highest BCUT2D eigenvalue weighted by Gasteiger charge is 2.30. The zero-order valence-corrected chi connectivity index (χ0v) is 17.8. The summed E-state index contributed by atoms with van der Waals surface area (Å²) in [4.78, 5) is 15.3. The summed E-state index contributed by atoms with van der Waals surface area (Å²) in [7, 11) is 0. The maximum Gasteiger partial charge on any atom is 0.416 e. The lowest BCUT2D eigenvalue weighted by Crippen LogP contribution is -2.08. The number of carboxylic acid groups (broad SMARTS) is 1. The SMILES string of the molecule is O=C(O)CC(c1ccc(OCc2cccc(-c3ccc(C(F)(F)F)cc3)c2)cc1)c1ncco1. The molecule has 0 spiro atoms. The van der Waals surface area contributed by atoms with E-state index in [1.807, 2.05) is 24.3 Å². The van der Waals surface area contributed by atoms with E-state index in [0.717, 1.165) is 28.8 Å². The van der Waals surface area contributed by atoms with Crippen LogP contribution >= 0.6 is 0 Å². The summed E-state index contributed by atoms with van der Waals surface area (Å²) in [5, 5.41) is 9.22. The van der Waals surface area contributed by atoms with E-state index in [-0.39, 0.29) is 13.0 Å². The van der Waals surface area contributed by atoms with Crippen LogP contribution in [0, 0.1) is 0 Å². The van der Waals surface area contributed by atoms with Crippen molar-refractivity contribution in [3.8, 4) is 16.9 Å². The molecule has 0 aliphatic rings. The zero-order chi connectivity index (χ0) is 24.1. The molecule has 1 N–H and O–H groups in total. The van der Waals surface area contributed by atoms with E-state index < -0.39 is 23.6 Å². The molecule has 0 aliphatic heterocycles. The van der Waals surface area contributed by atoms with E-state index >= 15 is 0 Å². The molecule has 0 amide bonds. The van der Waals surface area contributed by atoms with E-state index in [1.165, 1.54) is 24.6 Å². The second-order valence-corrected chi connectivity index (χ2v) is 7.65. The molecule has 1 unspecified atom stereocenters. The standard InChI is InChI=1S/C26H20F3NO4/c27-26(28,29)21-8-4-18(5-9-21)20-3-1-2-17(14-20)16-34-22-10-6-19(7-11-22)23(15-24(31)32)25-30-12-13-33-25/h1-14,23H,15-16H2,(H,31,32). The summed E-state index contributed by atoms with van der Waals surface area (Å²) < 4.78 is 49.5. The molecule has 0 fully saturated rings. The minimum Gasteiger partial charge on any atom is -0.489 e. The molecule has 34 heavy (non-hydrogen) atoms. The van der Waals surface area contributed by atoms with Crippen LogP contribution in [0.15, 0.2) is 89.7 Å². The van der Waals surface area contributed by atoms with Crippen molar-refractivity contribution in [1.29, 1.82) is 0 Å². The molecular weight excluding hydrogens is 447 g/mol. The number of benzene rings is 3. The van der Waals surface area contributed by atoms with Crippen molar-refractivity contribution < 1.29 is 32.2 Å². The largest absolute Gasteiger partial charge is 0.489 e. The van der Waals surface area contributed by atoms with Crippen LogP contribution in [0.1, 0.15) is 34.9 Å².